The van der Waals surface area contributed by atoms with Gasteiger partial charge in [-0.1, -0.05) is 11.6 Å². The van der Waals surface area contributed by atoms with Crippen LogP contribution in [0.25, 0.3) is 0 Å². The molecule has 0 atom stereocenters. The highest BCUT2D eigenvalue weighted by Crippen LogP contribution is 2.57. The van der Waals surface area contributed by atoms with Crippen molar-refractivity contribution in [3.8, 4) is 0 Å². The van der Waals surface area contributed by atoms with Gasteiger partial charge in [0.15, 0.2) is 4.77 Å². The van der Waals surface area contributed by atoms with Gasteiger partial charge in [0.05, 0.1) is 13.2 Å². The Labute approximate surface area is 76.7 Å². The van der Waals surface area contributed by atoms with Crippen LogP contribution < -0.4 is 0 Å². The first-order valence-electron chi connectivity index (χ1n) is 3.50. The van der Waals surface area contributed by atoms with E-state index in [1.807, 2.05) is 0 Å². The molecular formula is C6H12ClO4P. The van der Waals surface area contributed by atoms with Gasteiger partial charge in [-0.3, -0.25) is 4.57 Å². The molecule has 0 rings (SSSR count). The number of halogens is 1. The summed E-state index contributed by atoms with van der Waals surface area (Å²) < 4.78 is 20.8. The molecule has 0 fully saturated rings. The van der Waals surface area contributed by atoms with E-state index in [-0.39, 0.29) is 18.0 Å². The Kier molecular flexibility index (Phi) is 5.59. The third-order valence-corrected chi connectivity index (χ3v) is 3.52. The zero-order chi connectivity index (χ0) is 9.61. The smallest absolute Gasteiger partial charge is 0.375 e. The highest BCUT2D eigenvalue weighted by molar-refractivity contribution is 7.61. The second kappa shape index (κ2) is 5.60. The van der Waals surface area contributed by atoms with Crippen molar-refractivity contribution in [1.82, 2.24) is 0 Å². The molecule has 0 amide bonds. The van der Waals surface area contributed by atoms with Gasteiger partial charge in [-0.05, 0) is 13.8 Å². The van der Waals surface area contributed by atoms with E-state index in [2.05, 4.69) is 0 Å². The molecule has 0 aliphatic heterocycles. The summed E-state index contributed by atoms with van der Waals surface area (Å²) in [5.41, 5.74) is 0. The van der Waals surface area contributed by atoms with Gasteiger partial charge in [0, 0.05) is 0 Å². The molecule has 72 valence electrons. The predicted molar refractivity (Wildman–Crippen MR) is 47.4 cm³/mol. The average Bonchev–Trinajstić information content (AvgIpc) is 2.04. The molecule has 1 N–H and O–H groups in total. The fourth-order valence-electron chi connectivity index (χ4n) is 0.571. The molecule has 0 radical (unpaired) electrons. The minimum absolute atomic E-state index is 0.210. The normalized spacial score (nSPS) is 13.4. The molecule has 0 heterocycles. The van der Waals surface area contributed by atoms with Gasteiger partial charge >= 0.3 is 7.60 Å². The lowest BCUT2D eigenvalue weighted by Gasteiger charge is -2.14. The molecule has 0 aromatic heterocycles. The molecule has 0 saturated carbocycles. The number of aliphatic hydroxyl groups is 1. The van der Waals surface area contributed by atoms with Crippen LogP contribution in [-0.2, 0) is 13.6 Å². The summed E-state index contributed by atoms with van der Waals surface area (Å²) in [6.07, 6.45) is 0.521. The second-order valence-electron chi connectivity index (χ2n) is 1.78. The van der Waals surface area contributed by atoms with Crippen LogP contribution in [0.2, 0.25) is 0 Å². The lowest BCUT2D eigenvalue weighted by molar-refractivity contribution is 0.227. The molecule has 0 unspecified atom stereocenters. The molecule has 12 heavy (non-hydrogen) atoms. The monoisotopic (exact) mass is 214 g/mol. The number of aliphatic hydroxyl groups excluding tert-OH is 1. The quantitative estimate of drug-likeness (QED) is 0.565. The van der Waals surface area contributed by atoms with E-state index >= 15 is 0 Å². The van der Waals surface area contributed by atoms with Crippen molar-refractivity contribution >= 4 is 19.2 Å². The Bertz CT molecular complexity index is 194. The molecule has 0 bridgehead atoms. The zero-order valence-electron chi connectivity index (χ0n) is 6.99. The van der Waals surface area contributed by atoms with E-state index in [1.54, 1.807) is 13.8 Å². The highest BCUT2D eigenvalue weighted by atomic mass is 35.5. The lowest BCUT2D eigenvalue weighted by Crippen LogP contribution is -1.95. The average molecular weight is 215 g/mol. The Morgan fingerprint density at radius 2 is 1.92 bits per heavy atom. The van der Waals surface area contributed by atoms with Crippen molar-refractivity contribution in [3.05, 3.63) is 11.0 Å². The maximum atomic E-state index is 11.5. The van der Waals surface area contributed by atoms with Gasteiger partial charge in [-0.15, -0.1) is 0 Å². The third-order valence-electron chi connectivity index (χ3n) is 0.966. The number of rotatable bonds is 5. The maximum absolute atomic E-state index is 11.5. The fraction of sp³-hybridized carbons (Fsp3) is 0.667. The number of hydrogen-bond acceptors (Lipinski definition) is 4. The molecule has 4 nitrogen and oxygen atoms in total. The molecule has 0 aromatic rings. The van der Waals surface area contributed by atoms with Crippen molar-refractivity contribution in [1.29, 1.82) is 0 Å². The second-order valence-corrected chi connectivity index (χ2v) is 4.45. The van der Waals surface area contributed by atoms with Gasteiger partial charge in [0.25, 0.3) is 0 Å². The topological polar surface area (TPSA) is 55.8 Å². The predicted octanol–water partition coefficient (Wildman–Crippen LogP) is 2.85. The highest BCUT2D eigenvalue weighted by Gasteiger charge is 2.28. The van der Waals surface area contributed by atoms with Gasteiger partial charge in [-0.25, -0.2) is 0 Å². The molecular weight excluding hydrogens is 202 g/mol. The first-order valence-corrected chi connectivity index (χ1v) is 5.42. The molecule has 0 saturated heterocycles. The van der Waals surface area contributed by atoms with Crippen LogP contribution in [0, 0.1) is 0 Å². The Morgan fingerprint density at radius 1 is 1.50 bits per heavy atom. The largest absolute Gasteiger partial charge is 0.514 e. The van der Waals surface area contributed by atoms with Crippen LogP contribution in [0.5, 0.6) is 0 Å². The minimum atomic E-state index is -3.43. The maximum Gasteiger partial charge on any atom is 0.375 e. The van der Waals surface area contributed by atoms with Crippen molar-refractivity contribution in [3.63, 3.8) is 0 Å². The van der Waals surface area contributed by atoms with Crippen molar-refractivity contribution in [2.75, 3.05) is 13.2 Å². The third kappa shape index (κ3) is 3.15. The molecule has 0 spiro atoms. The van der Waals surface area contributed by atoms with Crippen LogP contribution in [0.15, 0.2) is 11.0 Å². The lowest BCUT2D eigenvalue weighted by atomic mass is 10.9. The van der Waals surface area contributed by atoms with E-state index in [0.717, 1.165) is 0 Å². The van der Waals surface area contributed by atoms with E-state index in [9.17, 15) is 4.57 Å². The fourth-order valence-corrected chi connectivity index (χ4v) is 2.01. The van der Waals surface area contributed by atoms with E-state index < -0.39 is 7.60 Å². The minimum Gasteiger partial charge on any atom is -0.514 e. The van der Waals surface area contributed by atoms with Gasteiger partial charge < -0.3 is 14.2 Å². The summed E-state index contributed by atoms with van der Waals surface area (Å²) in [5.74, 6) is 0. The first kappa shape index (κ1) is 12.0. The van der Waals surface area contributed by atoms with Gasteiger partial charge in [0.2, 0.25) is 0 Å². The standard InChI is InChI=1S/C6H12ClO4P/c1-3-10-12(9,11-4-2)6(7)5-8/h5,8H,3-4H2,1-2H3. The Hall–Kier alpha value is -0.0200. The first-order chi connectivity index (χ1) is 5.60. The zero-order valence-corrected chi connectivity index (χ0v) is 8.64. The summed E-state index contributed by atoms with van der Waals surface area (Å²) in [6.45, 7) is 3.74. The van der Waals surface area contributed by atoms with Crippen LogP contribution in [0.3, 0.4) is 0 Å². The SMILES string of the molecule is CCOP(=O)(OCC)C(Cl)=CO. The van der Waals surface area contributed by atoms with Gasteiger partial charge in [0.1, 0.15) is 6.26 Å². The van der Waals surface area contributed by atoms with Gasteiger partial charge in [-0.2, -0.15) is 0 Å². The van der Waals surface area contributed by atoms with Crippen molar-refractivity contribution in [2.24, 2.45) is 0 Å². The summed E-state index contributed by atoms with van der Waals surface area (Å²) in [4.78, 5) is 0. The summed E-state index contributed by atoms with van der Waals surface area (Å²) in [7, 11) is -3.43. The molecule has 0 aliphatic carbocycles. The van der Waals surface area contributed by atoms with Crippen molar-refractivity contribution in [2.45, 2.75) is 13.8 Å². The van der Waals surface area contributed by atoms with E-state index in [4.69, 9.17) is 25.8 Å². The van der Waals surface area contributed by atoms with E-state index in [1.165, 1.54) is 0 Å². The summed E-state index contributed by atoms with van der Waals surface area (Å²) in [5, 5.41) is 8.50. The molecule has 0 aliphatic rings. The van der Waals surface area contributed by atoms with Crippen LogP contribution in [0.1, 0.15) is 13.8 Å². The molecule has 6 heteroatoms. The van der Waals surface area contributed by atoms with E-state index in [0.29, 0.717) is 6.26 Å². The van der Waals surface area contributed by atoms with Crippen LogP contribution >= 0.6 is 19.2 Å². The Balaban J connectivity index is 4.50. The Morgan fingerprint density at radius 3 is 2.17 bits per heavy atom. The number of hydrogen-bond donors (Lipinski definition) is 1. The van der Waals surface area contributed by atoms with Crippen LogP contribution in [0.4, 0.5) is 0 Å². The molecule has 0 aromatic carbocycles. The van der Waals surface area contributed by atoms with Crippen LogP contribution in [-0.4, -0.2) is 18.3 Å². The van der Waals surface area contributed by atoms with Crippen molar-refractivity contribution < 1.29 is 18.7 Å². The summed E-state index contributed by atoms with van der Waals surface area (Å²) >= 11 is 5.43. The summed E-state index contributed by atoms with van der Waals surface area (Å²) in [6, 6.07) is 0.